The minimum atomic E-state index is 0.130. The van der Waals surface area contributed by atoms with Crippen LogP contribution in [0.5, 0.6) is 5.75 Å². The van der Waals surface area contributed by atoms with Crippen LogP contribution in [0.1, 0.15) is 39.2 Å². The van der Waals surface area contributed by atoms with Gasteiger partial charge in [-0.2, -0.15) is 0 Å². The van der Waals surface area contributed by atoms with Crippen LogP contribution in [0, 0.1) is 0 Å². The van der Waals surface area contributed by atoms with Gasteiger partial charge in [-0.25, -0.2) is 0 Å². The van der Waals surface area contributed by atoms with Crippen molar-refractivity contribution in [1.29, 1.82) is 0 Å². The molecule has 2 rings (SSSR count). The van der Waals surface area contributed by atoms with Gasteiger partial charge in [-0.15, -0.1) is 0 Å². The summed E-state index contributed by atoms with van der Waals surface area (Å²) in [5.41, 5.74) is 9.93. The van der Waals surface area contributed by atoms with Crippen molar-refractivity contribution in [3.63, 3.8) is 0 Å². The van der Waals surface area contributed by atoms with Crippen LogP contribution in [-0.2, 0) is 0 Å². The molecule has 112 valence electrons. The third-order valence-electron chi connectivity index (χ3n) is 3.17. The lowest BCUT2D eigenvalue weighted by atomic mass is 10.0. The molecule has 0 aromatic heterocycles. The van der Waals surface area contributed by atoms with Gasteiger partial charge in [0.25, 0.3) is 0 Å². The van der Waals surface area contributed by atoms with Gasteiger partial charge in [0.05, 0.1) is 6.10 Å². The molecule has 0 unspecified atom stereocenters. The maximum absolute atomic E-state index is 5.93. The summed E-state index contributed by atoms with van der Waals surface area (Å²) < 4.78 is 5.70. The Bertz CT molecular complexity index is 589. The monoisotopic (exact) mass is 284 g/mol. The van der Waals surface area contributed by atoms with Crippen molar-refractivity contribution in [2.45, 2.75) is 39.7 Å². The second kappa shape index (κ2) is 6.53. The quantitative estimate of drug-likeness (QED) is 0.766. The molecule has 2 aromatic rings. The van der Waals surface area contributed by atoms with Gasteiger partial charge in [-0.3, -0.25) is 0 Å². The largest absolute Gasteiger partial charge is 0.491 e. The van der Waals surface area contributed by atoms with Crippen molar-refractivity contribution in [2.75, 3.05) is 11.1 Å². The van der Waals surface area contributed by atoms with Gasteiger partial charge >= 0.3 is 0 Å². The van der Waals surface area contributed by atoms with Gasteiger partial charge in [0.1, 0.15) is 5.75 Å². The highest BCUT2D eigenvalue weighted by Crippen LogP contribution is 2.27. The van der Waals surface area contributed by atoms with Crippen LogP contribution in [0.15, 0.2) is 42.5 Å². The van der Waals surface area contributed by atoms with Crippen molar-refractivity contribution in [2.24, 2.45) is 0 Å². The Kier molecular flexibility index (Phi) is 4.73. The molecular formula is C18H24N2O. The van der Waals surface area contributed by atoms with Crippen molar-refractivity contribution in [3.05, 3.63) is 48.0 Å². The summed E-state index contributed by atoms with van der Waals surface area (Å²) in [5, 5.41) is 3.36. The molecule has 0 heterocycles. The van der Waals surface area contributed by atoms with E-state index in [2.05, 4.69) is 43.4 Å². The van der Waals surface area contributed by atoms with Crippen LogP contribution in [-0.4, -0.2) is 6.10 Å². The SMILES string of the molecule is CC(C)Oc1cc(N)cc(Nc2ccc(C(C)C)cc2)c1. The number of ether oxygens (including phenoxy) is 1. The van der Waals surface area contributed by atoms with Gasteiger partial charge in [-0.1, -0.05) is 26.0 Å². The Morgan fingerprint density at radius 2 is 1.57 bits per heavy atom. The van der Waals surface area contributed by atoms with E-state index in [-0.39, 0.29) is 6.10 Å². The predicted octanol–water partition coefficient (Wildman–Crippen LogP) is 4.92. The second-order valence-electron chi connectivity index (χ2n) is 5.86. The first-order valence-electron chi connectivity index (χ1n) is 7.38. The molecule has 2 aromatic carbocycles. The number of nitrogen functional groups attached to an aromatic ring is 1. The fourth-order valence-electron chi connectivity index (χ4n) is 2.15. The molecule has 0 aliphatic rings. The van der Waals surface area contributed by atoms with Crippen LogP contribution in [0.25, 0.3) is 0 Å². The zero-order chi connectivity index (χ0) is 15.4. The fraction of sp³-hybridized carbons (Fsp3) is 0.333. The Morgan fingerprint density at radius 1 is 0.905 bits per heavy atom. The van der Waals surface area contributed by atoms with Crippen molar-refractivity contribution >= 4 is 17.1 Å². The number of rotatable bonds is 5. The average Bonchev–Trinajstić information content (AvgIpc) is 2.37. The fourth-order valence-corrected chi connectivity index (χ4v) is 2.15. The number of benzene rings is 2. The highest BCUT2D eigenvalue weighted by molar-refractivity contribution is 5.66. The van der Waals surface area contributed by atoms with Crippen LogP contribution >= 0.6 is 0 Å². The smallest absolute Gasteiger partial charge is 0.123 e. The van der Waals surface area contributed by atoms with Gasteiger partial charge in [0.2, 0.25) is 0 Å². The van der Waals surface area contributed by atoms with Gasteiger partial charge in [0.15, 0.2) is 0 Å². The first kappa shape index (κ1) is 15.2. The molecule has 0 fully saturated rings. The van der Waals surface area contributed by atoms with Crippen molar-refractivity contribution in [1.82, 2.24) is 0 Å². The van der Waals surface area contributed by atoms with Crippen molar-refractivity contribution in [3.8, 4) is 5.75 Å². The number of hydrogen-bond acceptors (Lipinski definition) is 3. The maximum Gasteiger partial charge on any atom is 0.123 e. The highest BCUT2D eigenvalue weighted by atomic mass is 16.5. The number of nitrogens with one attached hydrogen (secondary N) is 1. The molecule has 0 aliphatic heterocycles. The van der Waals surface area contributed by atoms with E-state index >= 15 is 0 Å². The molecule has 0 radical (unpaired) electrons. The van der Waals surface area contributed by atoms with Crippen LogP contribution in [0.2, 0.25) is 0 Å². The molecule has 0 atom stereocenters. The number of nitrogens with two attached hydrogens (primary N) is 1. The molecule has 0 amide bonds. The maximum atomic E-state index is 5.93. The highest BCUT2D eigenvalue weighted by Gasteiger charge is 2.04. The third-order valence-corrected chi connectivity index (χ3v) is 3.17. The normalized spacial score (nSPS) is 11.0. The van der Waals surface area contributed by atoms with Gasteiger partial charge in [0, 0.05) is 29.2 Å². The zero-order valence-corrected chi connectivity index (χ0v) is 13.2. The molecular weight excluding hydrogens is 260 g/mol. The Morgan fingerprint density at radius 3 is 2.14 bits per heavy atom. The molecule has 0 bridgehead atoms. The third kappa shape index (κ3) is 4.42. The van der Waals surface area contributed by atoms with E-state index in [0.717, 1.165) is 17.1 Å². The Hall–Kier alpha value is -2.16. The molecule has 0 saturated heterocycles. The molecule has 0 spiro atoms. The summed E-state index contributed by atoms with van der Waals surface area (Å²) in [5.74, 6) is 1.32. The minimum Gasteiger partial charge on any atom is -0.491 e. The summed E-state index contributed by atoms with van der Waals surface area (Å²) in [7, 11) is 0. The summed E-state index contributed by atoms with van der Waals surface area (Å²) in [6, 6.07) is 14.2. The molecule has 3 heteroatoms. The van der Waals surface area contributed by atoms with E-state index in [1.54, 1.807) is 0 Å². The second-order valence-corrected chi connectivity index (χ2v) is 5.86. The van der Waals surface area contributed by atoms with Crippen LogP contribution < -0.4 is 15.8 Å². The molecule has 0 aliphatic carbocycles. The van der Waals surface area contributed by atoms with E-state index in [4.69, 9.17) is 10.5 Å². The standard InChI is InChI=1S/C18H24N2O/c1-12(2)14-5-7-16(8-6-14)20-17-9-15(19)10-18(11-17)21-13(3)4/h5-13,20H,19H2,1-4H3. The Balaban J connectivity index is 2.16. The Labute approximate surface area is 127 Å². The van der Waals surface area contributed by atoms with E-state index in [9.17, 15) is 0 Å². The lowest BCUT2D eigenvalue weighted by Crippen LogP contribution is -2.06. The van der Waals surface area contributed by atoms with E-state index in [1.807, 2.05) is 32.0 Å². The summed E-state index contributed by atoms with van der Waals surface area (Å²) in [6.45, 7) is 8.38. The van der Waals surface area contributed by atoms with E-state index < -0.39 is 0 Å². The predicted molar refractivity (Wildman–Crippen MR) is 90.4 cm³/mol. The molecule has 0 saturated carbocycles. The number of anilines is 3. The molecule has 3 nitrogen and oxygen atoms in total. The van der Waals surface area contributed by atoms with E-state index in [1.165, 1.54) is 5.56 Å². The lowest BCUT2D eigenvalue weighted by molar-refractivity contribution is 0.242. The first-order valence-corrected chi connectivity index (χ1v) is 7.38. The number of hydrogen-bond donors (Lipinski definition) is 2. The van der Waals surface area contributed by atoms with E-state index in [0.29, 0.717) is 11.6 Å². The average molecular weight is 284 g/mol. The summed E-state index contributed by atoms with van der Waals surface area (Å²) in [6.07, 6.45) is 0.130. The minimum absolute atomic E-state index is 0.130. The molecule has 21 heavy (non-hydrogen) atoms. The topological polar surface area (TPSA) is 47.3 Å². The van der Waals surface area contributed by atoms with Crippen LogP contribution in [0.3, 0.4) is 0 Å². The van der Waals surface area contributed by atoms with Crippen LogP contribution in [0.4, 0.5) is 17.1 Å². The zero-order valence-electron chi connectivity index (χ0n) is 13.2. The van der Waals surface area contributed by atoms with Gasteiger partial charge < -0.3 is 15.8 Å². The summed E-state index contributed by atoms with van der Waals surface area (Å²) >= 11 is 0. The lowest BCUT2D eigenvalue weighted by Gasteiger charge is -2.14. The first-order chi connectivity index (χ1) is 9.94. The van der Waals surface area contributed by atoms with Gasteiger partial charge in [-0.05, 0) is 43.5 Å². The van der Waals surface area contributed by atoms with Crippen molar-refractivity contribution < 1.29 is 4.74 Å². The molecule has 3 N–H and O–H groups in total. The summed E-state index contributed by atoms with van der Waals surface area (Å²) in [4.78, 5) is 0.